The molecular formula is C13H8Cl2N2OS. The van der Waals surface area contributed by atoms with Crippen molar-refractivity contribution < 1.29 is 4.52 Å². The number of hydrogen-bond acceptors (Lipinski definition) is 4. The Bertz CT molecular complexity index is 736. The third-order valence-corrected chi connectivity index (χ3v) is 4.25. The van der Waals surface area contributed by atoms with E-state index in [1.807, 2.05) is 29.6 Å². The van der Waals surface area contributed by atoms with Crippen molar-refractivity contribution in [2.24, 2.45) is 0 Å². The van der Waals surface area contributed by atoms with E-state index in [1.165, 1.54) is 11.3 Å². The summed E-state index contributed by atoms with van der Waals surface area (Å²) < 4.78 is 5.10. The Hall–Kier alpha value is -1.49. The zero-order valence-electron chi connectivity index (χ0n) is 9.56. The topological polar surface area (TPSA) is 52.0 Å². The number of nitrogens with zero attached hydrogens (tertiary/aromatic N) is 1. The minimum atomic E-state index is 0.252. The first-order valence-electron chi connectivity index (χ1n) is 5.41. The maximum Gasteiger partial charge on any atom is 0.230 e. The van der Waals surface area contributed by atoms with Crippen molar-refractivity contribution in [1.82, 2.24) is 5.16 Å². The fourth-order valence-corrected chi connectivity index (χ4v) is 3.17. The van der Waals surface area contributed by atoms with E-state index in [-0.39, 0.29) is 5.88 Å². The zero-order chi connectivity index (χ0) is 13.4. The predicted molar refractivity (Wildman–Crippen MR) is 79.7 cm³/mol. The SMILES string of the molecule is Nc1onc(-c2sccc2Cl)c1-c1cccc(Cl)c1. The fraction of sp³-hybridized carbons (Fsp3) is 0. The zero-order valence-corrected chi connectivity index (χ0v) is 11.9. The van der Waals surface area contributed by atoms with E-state index in [0.29, 0.717) is 21.3 Å². The van der Waals surface area contributed by atoms with Gasteiger partial charge in [-0.05, 0) is 29.1 Å². The van der Waals surface area contributed by atoms with Crippen molar-refractivity contribution in [2.45, 2.75) is 0 Å². The lowest BCUT2D eigenvalue weighted by molar-refractivity contribution is 0.439. The van der Waals surface area contributed by atoms with E-state index in [9.17, 15) is 0 Å². The van der Waals surface area contributed by atoms with Crippen LogP contribution in [0.4, 0.5) is 5.88 Å². The molecule has 96 valence electrons. The lowest BCUT2D eigenvalue weighted by Gasteiger charge is -2.02. The van der Waals surface area contributed by atoms with Crippen molar-refractivity contribution in [3.63, 3.8) is 0 Å². The maximum atomic E-state index is 6.14. The Kier molecular flexibility index (Phi) is 3.22. The third kappa shape index (κ3) is 2.23. The predicted octanol–water partition coefficient (Wildman–Crippen LogP) is 4.96. The minimum absolute atomic E-state index is 0.252. The van der Waals surface area contributed by atoms with Gasteiger partial charge in [0.2, 0.25) is 5.88 Å². The van der Waals surface area contributed by atoms with Gasteiger partial charge in [0.1, 0.15) is 5.69 Å². The normalized spacial score (nSPS) is 10.8. The van der Waals surface area contributed by atoms with Crippen LogP contribution in [0.5, 0.6) is 0 Å². The maximum absolute atomic E-state index is 6.14. The van der Waals surface area contributed by atoms with Gasteiger partial charge in [-0.3, -0.25) is 0 Å². The van der Waals surface area contributed by atoms with E-state index >= 15 is 0 Å². The van der Waals surface area contributed by atoms with Crippen LogP contribution in [-0.2, 0) is 0 Å². The molecule has 2 aromatic heterocycles. The summed E-state index contributed by atoms with van der Waals surface area (Å²) in [5.74, 6) is 0.252. The monoisotopic (exact) mass is 310 g/mol. The summed E-state index contributed by atoms with van der Waals surface area (Å²) >= 11 is 13.6. The van der Waals surface area contributed by atoms with E-state index in [4.69, 9.17) is 33.5 Å². The number of aromatic nitrogens is 1. The van der Waals surface area contributed by atoms with Gasteiger partial charge in [0.15, 0.2) is 0 Å². The Labute approximate surface area is 123 Å². The molecule has 1 aromatic carbocycles. The van der Waals surface area contributed by atoms with Crippen LogP contribution in [0, 0.1) is 0 Å². The average Bonchev–Trinajstić information content (AvgIpc) is 2.95. The Balaban J connectivity index is 2.22. The van der Waals surface area contributed by atoms with Gasteiger partial charge in [-0.15, -0.1) is 11.3 Å². The van der Waals surface area contributed by atoms with Crippen molar-refractivity contribution in [3.05, 3.63) is 45.8 Å². The second-order valence-corrected chi connectivity index (χ2v) is 5.64. The molecule has 0 saturated heterocycles. The van der Waals surface area contributed by atoms with Crippen LogP contribution in [-0.4, -0.2) is 5.16 Å². The highest BCUT2D eigenvalue weighted by Gasteiger charge is 2.20. The Morgan fingerprint density at radius 3 is 2.74 bits per heavy atom. The summed E-state index contributed by atoms with van der Waals surface area (Å²) in [6.45, 7) is 0. The lowest BCUT2D eigenvalue weighted by atomic mass is 10.0. The van der Waals surface area contributed by atoms with Gasteiger partial charge in [-0.2, -0.15) is 0 Å². The highest BCUT2D eigenvalue weighted by Crippen LogP contribution is 2.41. The second-order valence-electron chi connectivity index (χ2n) is 3.88. The molecule has 6 heteroatoms. The van der Waals surface area contributed by atoms with Crippen LogP contribution >= 0.6 is 34.5 Å². The van der Waals surface area contributed by atoms with E-state index in [0.717, 1.165) is 10.4 Å². The molecule has 2 heterocycles. The molecule has 0 saturated carbocycles. The van der Waals surface area contributed by atoms with Crippen LogP contribution in [0.15, 0.2) is 40.2 Å². The summed E-state index contributed by atoms with van der Waals surface area (Å²) in [4.78, 5) is 0.831. The third-order valence-electron chi connectivity index (χ3n) is 2.66. The summed E-state index contributed by atoms with van der Waals surface area (Å²) in [5, 5.41) is 7.15. The highest BCUT2D eigenvalue weighted by molar-refractivity contribution is 7.14. The van der Waals surface area contributed by atoms with Crippen LogP contribution in [0.2, 0.25) is 10.0 Å². The molecule has 0 aliphatic carbocycles. The number of nitrogen functional groups attached to an aromatic ring is 1. The molecule has 3 rings (SSSR count). The Morgan fingerprint density at radius 2 is 2.05 bits per heavy atom. The highest BCUT2D eigenvalue weighted by atomic mass is 35.5. The molecule has 0 fully saturated rings. The number of rotatable bonds is 2. The van der Waals surface area contributed by atoms with Crippen molar-refractivity contribution >= 4 is 40.4 Å². The van der Waals surface area contributed by atoms with Gasteiger partial charge in [-0.1, -0.05) is 40.5 Å². The number of benzene rings is 1. The molecule has 0 amide bonds. The molecule has 0 aliphatic rings. The smallest absolute Gasteiger partial charge is 0.230 e. The van der Waals surface area contributed by atoms with Crippen LogP contribution in [0.25, 0.3) is 21.7 Å². The van der Waals surface area contributed by atoms with Gasteiger partial charge < -0.3 is 10.3 Å². The van der Waals surface area contributed by atoms with Gasteiger partial charge >= 0.3 is 0 Å². The van der Waals surface area contributed by atoms with Crippen molar-refractivity contribution in [2.75, 3.05) is 5.73 Å². The quantitative estimate of drug-likeness (QED) is 0.728. The molecule has 0 spiro atoms. The lowest BCUT2D eigenvalue weighted by Crippen LogP contribution is -1.87. The van der Waals surface area contributed by atoms with Crippen LogP contribution < -0.4 is 5.73 Å². The molecular weight excluding hydrogens is 303 g/mol. The number of nitrogens with two attached hydrogens (primary N) is 1. The Morgan fingerprint density at radius 1 is 1.21 bits per heavy atom. The van der Waals surface area contributed by atoms with Gasteiger partial charge in [0.25, 0.3) is 0 Å². The van der Waals surface area contributed by atoms with Crippen molar-refractivity contribution in [3.8, 4) is 21.7 Å². The first kappa shape index (κ1) is 12.5. The molecule has 0 radical (unpaired) electrons. The molecule has 2 N–H and O–H groups in total. The summed E-state index contributed by atoms with van der Waals surface area (Å²) in [6.07, 6.45) is 0. The van der Waals surface area contributed by atoms with Gasteiger partial charge in [0.05, 0.1) is 15.5 Å². The first-order chi connectivity index (χ1) is 9.16. The number of thiophene rings is 1. The molecule has 3 nitrogen and oxygen atoms in total. The minimum Gasteiger partial charge on any atom is -0.367 e. The number of hydrogen-bond donors (Lipinski definition) is 1. The van der Waals surface area contributed by atoms with Crippen LogP contribution in [0.3, 0.4) is 0 Å². The summed E-state index contributed by atoms with van der Waals surface area (Å²) in [7, 11) is 0. The molecule has 0 atom stereocenters. The van der Waals surface area contributed by atoms with Gasteiger partial charge in [-0.25, -0.2) is 0 Å². The van der Waals surface area contributed by atoms with Crippen LogP contribution in [0.1, 0.15) is 0 Å². The average molecular weight is 311 g/mol. The van der Waals surface area contributed by atoms with Crippen molar-refractivity contribution in [1.29, 1.82) is 0 Å². The molecule has 0 unspecified atom stereocenters. The van der Waals surface area contributed by atoms with Gasteiger partial charge in [0, 0.05) is 5.02 Å². The fourth-order valence-electron chi connectivity index (χ4n) is 1.84. The molecule has 19 heavy (non-hydrogen) atoms. The second kappa shape index (κ2) is 4.89. The largest absolute Gasteiger partial charge is 0.367 e. The summed E-state index contributed by atoms with van der Waals surface area (Å²) in [6, 6.07) is 9.18. The molecule has 0 aliphatic heterocycles. The number of halogens is 2. The standard InChI is InChI=1S/C13H8Cl2N2OS/c14-8-3-1-2-7(6-8)10-11(17-18-13(10)16)12-9(15)4-5-19-12/h1-6H,16H2. The van der Waals surface area contributed by atoms with E-state index < -0.39 is 0 Å². The molecule has 3 aromatic rings. The summed E-state index contributed by atoms with van der Waals surface area (Å²) in [5.41, 5.74) is 8.07. The molecule has 0 bridgehead atoms. The van der Waals surface area contributed by atoms with E-state index in [2.05, 4.69) is 5.16 Å². The number of anilines is 1. The van der Waals surface area contributed by atoms with E-state index in [1.54, 1.807) is 6.07 Å². The first-order valence-corrected chi connectivity index (χ1v) is 7.05.